The van der Waals surface area contributed by atoms with Crippen molar-refractivity contribution in [3.8, 4) is 0 Å². The average Bonchev–Trinajstić information content (AvgIpc) is 3.01. The number of carbonyl (C=O) groups is 2. The summed E-state index contributed by atoms with van der Waals surface area (Å²) in [6.45, 7) is 3.00. The highest BCUT2D eigenvalue weighted by atomic mass is 32.2. The maximum atomic E-state index is 15.1. The molecule has 13 heteroatoms. The summed E-state index contributed by atoms with van der Waals surface area (Å²) < 4.78 is 62.0. The number of hydrogen-bond acceptors (Lipinski definition) is 7. The summed E-state index contributed by atoms with van der Waals surface area (Å²) in [5.41, 5.74) is 0.523. The molecule has 194 valence electrons. The molecular formula is C23H26F2N4O6S. The minimum atomic E-state index is -3.95. The summed E-state index contributed by atoms with van der Waals surface area (Å²) >= 11 is 0. The molecule has 10 nitrogen and oxygen atoms in total. The fraction of sp³-hybridized carbons (Fsp3) is 0.391. The number of benzene rings is 2. The molecule has 2 saturated heterocycles. The Labute approximate surface area is 207 Å². The quantitative estimate of drug-likeness (QED) is 0.617. The molecule has 36 heavy (non-hydrogen) atoms. The highest BCUT2D eigenvalue weighted by Gasteiger charge is 2.34. The van der Waals surface area contributed by atoms with E-state index in [-0.39, 0.29) is 61.5 Å². The molecule has 0 bridgehead atoms. The average molecular weight is 525 g/mol. The fourth-order valence-electron chi connectivity index (χ4n) is 3.98. The molecule has 0 aromatic heterocycles. The van der Waals surface area contributed by atoms with Crippen molar-refractivity contribution in [1.29, 1.82) is 0 Å². The first-order chi connectivity index (χ1) is 17.1. The monoisotopic (exact) mass is 524 g/mol. The van der Waals surface area contributed by atoms with Crippen molar-refractivity contribution in [2.24, 2.45) is 0 Å². The number of nitrogens with zero attached hydrogens (tertiary/aromatic N) is 3. The van der Waals surface area contributed by atoms with Crippen LogP contribution in [0.3, 0.4) is 0 Å². The van der Waals surface area contributed by atoms with Gasteiger partial charge in [0.2, 0.25) is 5.91 Å². The predicted molar refractivity (Wildman–Crippen MR) is 126 cm³/mol. The Morgan fingerprint density at radius 2 is 1.78 bits per heavy atom. The third kappa shape index (κ3) is 5.42. The van der Waals surface area contributed by atoms with Gasteiger partial charge in [-0.1, -0.05) is 22.2 Å². The van der Waals surface area contributed by atoms with Gasteiger partial charge in [0.1, 0.15) is 11.8 Å². The number of anilines is 2. The third-order valence-electron chi connectivity index (χ3n) is 5.82. The molecule has 0 unspecified atom stereocenters. The van der Waals surface area contributed by atoms with Crippen LogP contribution in [0.4, 0.5) is 25.0 Å². The van der Waals surface area contributed by atoms with E-state index in [1.54, 1.807) is 12.1 Å². The maximum absolute atomic E-state index is 15.1. The Bertz CT molecular complexity index is 1230. The molecule has 0 saturated carbocycles. The number of nitrogens with one attached hydrogen (secondary N) is 1. The van der Waals surface area contributed by atoms with Crippen LogP contribution in [-0.4, -0.2) is 70.3 Å². The first-order valence-corrected chi connectivity index (χ1v) is 12.7. The lowest BCUT2D eigenvalue weighted by molar-refractivity contribution is -0.119. The molecule has 1 N–H and O–H groups in total. The minimum Gasteiger partial charge on any atom is -0.442 e. The van der Waals surface area contributed by atoms with Crippen LogP contribution < -0.4 is 15.1 Å². The van der Waals surface area contributed by atoms with Crippen LogP contribution in [0.1, 0.15) is 12.5 Å². The lowest BCUT2D eigenvalue weighted by atomic mass is 10.2. The van der Waals surface area contributed by atoms with Crippen molar-refractivity contribution >= 4 is 33.4 Å². The Morgan fingerprint density at radius 1 is 1.11 bits per heavy atom. The van der Waals surface area contributed by atoms with Crippen LogP contribution in [0.2, 0.25) is 0 Å². The van der Waals surface area contributed by atoms with Crippen molar-refractivity contribution in [2.75, 3.05) is 49.1 Å². The number of sulfonamides is 1. The van der Waals surface area contributed by atoms with Gasteiger partial charge in [-0.2, -0.15) is 0 Å². The van der Waals surface area contributed by atoms with E-state index in [1.807, 2.05) is 6.92 Å². The molecule has 0 spiro atoms. The van der Waals surface area contributed by atoms with Crippen molar-refractivity contribution in [1.82, 2.24) is 9.79 Å². The number of cyclic esters (lactones) is 1. The Balaban J connectivity index is 1.48. The standard InChI is InChI=1S/C23H26F2N4O6S/c1-15-3-5-19(6-4-15)36(32,33)29-8-7-27(9-10-34-29)22-20(24)11-17(12-21(22)25)28-14-18(35-23(28)31)13-26-16(2)30/h3-6,11-12,18H,7-10,13-14H2,1-2H3,(H,26,30)/t18-/m0/s1. The van der Waals surface area contributed by atoms with Crippen LogP contribution in [0.15, 0.2) is 41.3 Å². The van der Waals surface area contributed by atoms with Gasteiger partial charge in [-0.05, 0) is 19.1 Å². The van der Waals surface area contributed by atoms with Crippen molar-refractivity contribution in [3.05, 3.63) is 53.6 Å². The van der Waals surface area contributed by atoms with Crippen molar-refractivity contribution < 1.29 is 36.4 Å². The zero-order valence-electron chi connectivity index (χ0n) is 19.7. The van der Waals surface area contributed by atoms with E-state index in [4.69, 9.17) is 9.57 Å². The van der Waals surface area contributed by atoms with Crippen LogP contribution in [0.5, 0.6) is 0 Å². The number of rotatable bonds is 6. The number of amides is 2. The summed E-state index contributed by atoms with van der Waals surface area (Å²) in [7, 11) is -3.95. The topological polar surface area (TPSA) is 108 Å². The van der Waals surface area contributed by atoms with E-state index in [0.717, 1.165) is 27.1 Å². The third-order valence-corrected chi connectivity index (χ3v) is 7.51. The molecule has 0 aliphatic carbocycles. The van der Waals surface area contributed by atoms with Gasteiger partial charge in [0, 0.05) is 32.1 Å². The van der Waals surface area contributed by atoms with Gasteiger partial charge in [-0.3, -0.25) is 14.5 Å². The SMILES string of the molecule is CC(=O)NC[C@H]1CN(c2cc(F)c(N3CCON(S(=O)(=O)c4ccc(C)cc4)CC3)c(F)c2)C(=O)O1. The number of halogens is 2. The van der Waals surface area contributed by atoms with Gasteiger partial charge < -0.3 is 15.0 Å². The molecular weight excluding hydrogens is 498 g/mol. The van der Waals surface area contributed by atoms with E-state index in [1.165, 1.54) is 24.0 Å². The molecule has 1 atom stereocenters. The Hall–Kier alpha value is -3.29. The number of hydrogen-bond donors (Lipinski definition) is 1. The molecule has 2 aliphatic heterocycles. The van der Waals surface area contributed by atoms with E-state index < -0.39 is 33.9 Å². The summed E-state index contributed by atoms with van der Waals surface area (Å²) in [6.07, 6.45) is -1.44. The molecule has 2 fully saturated rings. The highest BCUT2D eigenvalue weighted by Crippen LogP contribution is 2.31. The molecule has 2 aromatic carbocycles. The second kappa shape index (κ2) is 10.4. The first-order valence-electron chi connectivity index (χ1n) is 11.2. The van der Waals surface area contributed by atoms with Crippen LogP contribution in [-0.2, 0) is 24.4 Å². The molecule has 0 radical (unpaired) electrons. The summed E-state index contributed by atoms with van der Waals surface area (Å²) in [5.74, 6) is -2.13. The van der Waals surface area contributed by atoms with Gasteiger partial charge in [0.25, 0.3) is 10.0 Å². The van der Waals surface area contributed by atoms with E-state index in [2.05, 4.69) is 5.32 Å². The number of hydroxylamine groups is 1. The number of aryl methyl sites for hydroxylation is 1. The maximum Gasteiger partial charge on any atom is 0.414 e. The van der Waals surface area contributed by atoms with Crippen LogP contribution in [0, 0.1) is 18.6 Å². The van der Waals surface area contributed by atoms with E-state index in [9.17, 15) is 18.0 Å². The molecule has 4 rings (SSSR count). The lowest BCUT2D eigenvalue weighted by Crippen LogP contribution is -2.35. The normalized spacial score (nSPS) is 19.2. The molecule has 2 heterocycles. The summed E-state index contributed by atoms with van der Waals surface area (Å²) in [5, 5.41) is 2.53. The van der Waals surface area contributed by atoms with Crippen molar-refractivity contribution in [3.63, 3.8) is 0 Å². The minimum absolute atomic E-state index is 0.0146. The molecule has 2 amide bonds. The van der Waals surface area contributed by atoms with Gasteiger partial charge in [-0.15, -0.1) is 0 Å². The smallest absolute Gasteiger partial charge is 0.414 e. The van der Waals surface area contributed by atoms with E-state index in [0.29, 0.717) is 0 Å². The van der Waals surface area contributed by atoms with Crippen LogP contribution >= 0.6 is 0 Å². The zero-order chi connectivity index (χ0) is 26.0. The molecule has 2 aliphatic rings. The highest BCUT2D eigenvalue weighted by molar-refractivity contribution is 7.89. The second-order valence-corrected chi connectivity index (χ2v) is 10.3. The Morgan fingerprint density at radius 3 is 2.42 bits per heavy atom. The van der Waals surface area contributed by atoms with Gasteiger partial charge >= 0.3 is 6.09 Å². The fourth-order valence-corrected chi connectivity index (χ4v) is 5.23. The van der Waals surface area contributed by atoms with Crippen molar-refractivity contribution in [2.45, 2.75) is 24.8 Å². The number of carbonyl (C=O) groups excluding carboxylic acids is 2. The summed E-state index contributed by atoms with van der Waals surface area (Å²) in [6, 6.07) is 8.32. The number of ether oxygens (including phenoxy) is 1. The predicted octanol–water partition coefficient (Wildman–Crippen LogP) is 2.18. The summed E-state index contributed by atoms with van der Waals surface area (Å²) in [4.78, 5) is 31.2. The largest absolute Gasteiger partial charge is 0.442 e. The van der Waals surface area contributed by atoms with Crippen LogP contribution in [0.25, 0.3) is 0 Å². The van der Waals surface area contributed by atoms with Gasteiger partial charge in [0.15, 0.2) is 11.6 Å². The molecule has 2 aromatic rings. The zero-order valence-corrected chi connectivity index (χ0v) is 20.6. The second-order valence-electron chi connectivity index (χ2n) is 8.48. The Kier molecular flexibility index (Phi) is 7.43. The van der Waals surface area contributed by atoms with Gasteiger partial charge in [0.05, 0.1) is 36.8 Å². The van der Waals surface area contributed by atoms with Gasteiger partial charge in [-0.25, -0.2) is 22.0 Å². The first kappa shape index (κ1) is 25.8. The lowest BCUT2D eigenvalue weighted by Gasteiger charge is -2.24. The van der Waals surface area contributed by atoms with E-state index >= 15 is 8.78 Å².